The van der Waals surface area contributed by atoms with Gasteiger partial charge in [0.05, 0.1) is 0 Å². The zero-order valence-electron chi connectivity index (χ0n) is 11.7. The topological polar surface area (TPSA) is 63.6 Å². The van der Waals surface area contributed by atoms with Crippen LogP contribution in [0.4, 0.5) is 0 Å². The Kier molecular flexibility index (Phi) is 18.2. The molecule has 0 radical (unpaired) electrons. The predicted octanol–water partition coefficient (Wildman–Crippen LogP) is 0.926. The fourth-order valence-corrected chi connectivity index (χ4v) is 0.406. The number of hydrogen-bond acceptors (Lipinski definition) is 4. The van der Waals surface area contributed by atoms with E-state index in [0.717, 1.165) is 0 Å². The molecule has 1 N–H and O–H groups in total. The van der Waals surface area contributed by atoms with Crippen LogP contribution in [0.25, 0.3) is 0 Å². The molecule has 0 aliphatic rings. The fourth-order valence-electron chi connectivity index (χ4n) is 0.406. The van der Waals surface area contributed by atoms with Crippen molar-refractivity contribution in [3.05, 3.63) is 12.7 Å². The molecule has 0 aromatic rings. The van der Waals surface area contributed by atoms with E-state index in [1.165, 1.54) is 13.0 Å². The number of aliphatic hydroxyl groups is 1. The van der Waals surface area contributed by atoms with Crippen molar-refractivity contribution in [1.29, 1.82) is 0 Å². The number of hydrogen-bond donors (Lipinski definition) is 1. The van der Waals surface area contributed by atoms with E-state index >= 15 is 0 Å². The minimum atomic E-state index is -0.493. The molecule has 4 nitrogen and oxygen atoms in total. The van der Waals surface area contributed by atoms with Gasteiger partial charge in [-0.05, 0) is 20.8 Å². The Hall–Kier alpha value is -0.394. The van der Waals surface area contributed by atoms with Gasteiger partial charge in [0, 0.05) is 6.10 Å². The fraction of sp³-hybridized carbons (Fsp3) is 0.600. The van der Waals surface area contributed by atoms with Crippen LogP contribution >= 0.6 is 0 Å². The third-order valence-electron chi connectivity index (χ3n) is 0.755. The van der Waals surface area contributed by atoms with E-state index < -0.39 is 5.97 Å². The largest absolute Gasteiger partial charge is 2.00 e. The van der Waals surface area contributed by atoms with Crippen molar-refractivity contribution < 1.29 is 22.3 Å². The second-order valence-corrected chi connectivity index (χ2v) is 2.94. The third kappa shape index (κ3) is 31.7. The van der Waals surface area contributed by atoms with Gasteiger partial charge in [0.1, 0.15) is 18.8 Å². The van der Waals surface area contributed by atoms with Crippen LogP contribution in [0.1, 0.15) is 30.0 Å². The number of Topliss-reactive ketones (excluding diaryl/α,β-unsaturated/α-hetero) is 1. The van der Waals surface area contributed by atoms with Crippen LogP contribution in [0, 0.1) is 0 Å². The molecule has 0 fully saturated rings. The quantitative estimate of drug-likeness (QED) is 0.336. The molecule has 0 atom stereocenters. The molecule has 0 aromatic carbocycles. The molecule has 0 saturated carbocycles. The zero-order valence-corrected chi connectivity index (χ0v) is 11.1. The van der Waals surface area contributed by atoms with Gasteiger partial charge in [0.25, 0.3) is 0 Å². The summed E-state index contributed by atoms with van der Waals surface area (Å²) >= 11 is 0. The summed E-state index contributed by atoms with van der Waals surface area (Å²) in [5, 5.41) is 8.06. The van der Waals surface area contributed by atoms with Gasteiger partial charge in [-0.25, -0.2) is 0 Å². The van der Waals surface area contributed by atoms with Gasteiger partial charge in [0.15, 0.2) is 0 Å². The summed E-state index contributed by atoms with van der Waals surface area (Å²) < 4.78 is 4.52. The van der Waals surface area contributed by atoms with E-state index in [9.17, 15) is 9.59 Å². The van der Waals surface area contributed by atoms with Crippen molar-refractivity contribution in [1.82, 2.24) is 0 Å². The molecule has 86 valence electrons. The normalized spacial score (nSPS) is 8.07. The summed E-state index contributed by atoms with van der Waals surface area (Å²) in [7, 11) is 0. The average molecular weight is 229 g/mol. The van der Waals surface area contributed by atoms with Gasteiger partial charge >= 0.3 is 29.0 Å². The van der Waals surface area contributed by atoms with E-state index in [2.05, 4.69) is 11.3 Å². The molecule has 0 unspecified atom stereocenters. The van der Waals surface area contributed by atoms with Crippen molar-refractivity contribution in [2.24, 2.45) is 0 Å². The summed E-state index contributed by atoms with van der Waals surface area (Å²) in [5.41, 5.74) is 0. The van der Waals surface area contributed by atoms with Crippen molar-refractivity contribution >= 4 is 34.8 Å². The average Bonchev–Trinajstić information content (AvgIpc) is 1.98. The molecule has 0 heterocycles. The standard InChI is InChI=1S/C7H10O3.C3H8O.Mg.2H/c1-3-4-10-7(9)5-6(2)8;1-3(2)4;;;/h3H,1,4-5H2,2H3;3-4H,1-2H3;;;/q;;+2;2*-1. The maximum atomic E-state index is 10.5. The second kappa shape index (κ2) is 13.6. The molecule has 0 spiro atoms. The molecule has 0 rings (SSSR count). The SMILES string of the molecule is C=CCOC(=O)CC(C)=O.CC(C)O.[H-].[H-].[Mg+2]. The van der Waals surface area contributed by atoms with Gasteiger partial charge < -0.3 is 12.7 Å². The summed E-state index contributed by atoms with van der Waals surface area (Å²) in [6, 6.07) is 0. The van der Waals surface area contributed by atoms with E-state index in [4.69, 9.17) is 5.11 Å². The van der Waals surface area contributed by atoms with E-state index in [-0.39, 0.29) is 50.8 Å². The number of carbonyl (C=O) groups excluding carboxylic acids is 2. The van der Waals surface area contributed by atoms with Gasteiger partial charge in [-0.15, -0.1) is 0 Å². The minimum Gasteiger partial charge on any atom is -1.00 e. The van der Waals surface area contributed by atoms with E-state index in [1.807, 2.05) is 0 Å². The molecule has 0 saturated heterocycles. The van der Waals surface area contributed by atoms with E-state index in [1.54, 1.807) is 13.8 Å². The first kappa shape index (κ1) is 20.1. The van der Waals surface area contributed by atoms with Gasteiger partial charge in [-0.2, -0.15) is 0 Å². The first-order valence-corrected chi connectivity index (χ1v) is 4.34. The van der Waals surface area contributed by atoms with Crippen LogP contribution in [0.5, 0.6) is 0 Å². The molecule has 0 bridgehead atoms. The van der Waals surface area contributed by atoms with Crippen LogP contribution in [0.2, 0.25) is 0 Å². The van der Waals surface area contributed by atoms with Gasteiger partial charge in [0.2, 0.25) is 0 Å². The maximum Gasteiger partial charge on any atom is 2.00 e. The van der Waals surface area contributed by atoms with Crippen LogP contribution < -0.4 is 0 Å². The first-order valence-electron chi connectivity index (χ1n) is 4.34. The molecule has 5 heteroatoms. The number of esters is 1. The summed E-state index contributed by atoms with van der Waals surface area (Å²) in [6.45, 7) is 8.31. The molecular formula is C10H20MgO4. The maximum absolute atomic E-state index is 10.5. The van der Waals surface area contributed by atoms with Gasteiger partial charge in [-0.1, -0.05) is 12.7 Å². The van der Waals surface area contributed by atoms with Gasteiger partial charge in [-0.3, -0.25) is 9.59 Å². The molecule has 0 aliphatic carbocycles. The second-order valence-electron chi connectivity index (χ2n) is 2.94. The Labute approximate surface area is 110 Å². The molecule has 15 heavy (non-hydrogen) atoms. The van der Waals surface area contributed by atoms with Crippen molar-refractivity contribution in [3.8, 4) is 0 Å². The summed E-state index contributed by atoms with van der Waals surface area (Å²) in [4.78, 5) is 20.8. The molecular weight excluding hydrogens is 208 g/mol. The monoisotopic (exact) mass is 228 g/mol. The Bertz CT molecular complexity index is 196. The van der Waals surface area contributed by atoms with Crippen LogP contribution in [-0.2, 0) is 14.3 Å². The van der Waals surface area contributed by atoms with Crippen LogP contribution in [0.15, 0.2) is 12.7 Å². The predicted molar refractivity (Wildman–Crippen MR) is 61.8 cm³/mol. The number of rotatable bonds is 4. The number of ether oxygens (including phenoxy) is 1. The Morgan fingerprint density at radius 1 is 1.53 bits per heavy atom. The van der Waals surface area contributed by atoms with Crippen LogP contribution in [-0.4, -0.2) is 52.6 Å². The number of carbonyl (C=O) groups is 2. The number of aliphatic hydroxyl groups excluding tert-OH is 1. The first-order chi connectivity index (χ1) is 6.40. The van der Waals surface area contributed by atoms with E-state index in [0.29, 0.717) is 0 Å². The molecule has 0 aliphatic heterocycles. The number of ketones is 1. The smallest absolute Gasteiger partial charge is 1.00 e. The Balaban J connectivity index is -0.0000000607. The molecule has 0 aromatic heterocycles. The molecule has 0 amide bonds. The zero-order chi connectivity index (χ0) is 11.6. The van der Waals surface area contributed by atoms with Crippen molar-refractivity contribution in [3.63, 3.8) is 0 Å². The van der Waals surface area contributed by atoms with Crippen molar-refractivity contribution in [2.45, 2.75) is 33.3 Å². The Morgan fingerprint density at radius 2 is 1.93 bits per heavy atom. The summed E-state index contributed by atoms with van der Waals surface area (Å²) in [6.07, 6.45) is 1.14. The third-order valence-corrected chi connectivity index (χ3v) is 0.755. The Morgan fingerprint density at radius 3 is 2.20 bits per heavy atom. The van der Waals surface area contributed by atoms with Crippen molar-refractivity contribution in [2.75, 3.05) is 6.61 Å². The minimum absolute atomic E-state index is 0. The summed E-state index contributed by atoms with van der Waals surface area (Å²) in [5.74, 6) is -0.679. The van der Waals surface area contributed by atoms with Crippen LogP contribution in [0.3, 0.4) is 0 Å².